The van der Waals surface area contributed by atoms with E-state index in [0.717, 1.165) is 37.1 Å². The Balaban J connectivity index is 1.96. The summed E-state index contributed by atoms with van der Waals surface area (Å²) in [5.41, 5.74) is 2.62. The molecule has 24 heavy (non-hydrogen) atoms. The van der Waals surface area contributed by atoms with Gasteiger partial charge in [-0.2, -0.15) is 5.10 Å². The van der Waals surface area contributed by atoms with Crippen molar-refractivity contribution in [2.75, 3.05) is 6.54 Å². The van der Waals surface area contributed by atoms with Crippen molar-refractivity contribution in [3.05, 3.63) is 35.2 Å². The molecule has 0 radical (unpaired) electrons. The average molecular weight is 335 g/mol. The number of likely N-dealkylation sites (tertiary alicyclic amines) is 1. The van der Waals surface area contributed by atoms with Crippen LogP contribution in [0.4, 0.5) is 8.78 Å². The molecule has 1 aromatic rings. The van der Waals surface area contributed by atoms with Gasteiger partial charge in [-0.15, -0.1) is 0 Å². The van der Waals surface area contributed by atoms with Crippen molar-refractivity contribution in [1.82, 2.24) is 14.7 Å². The van der Waals surface area contributed by atoms with Crippen LogP contribution in [0.15, 0.2) is 23.9 Å². The van der Waals surface area contributed by atoms with E-state index in [2.05, 4.69) is 29.9 Å². The maximum absolute atomic E-state index is 13.8. The zero-order valence-electron chi connectivity index (χ0n) is 15.0. The van der Waals surface area contributed by atoms with E-state index in [0.29, 0.717) is 17.5 Å². The van der Waals surface area contributed by atoms with E-state index in [1.54, 1.807) is 10.9 Å². The second kappa shape index (κ2) is 6.79. The SMILES string of the molecule is CCCC(C)N1CCC2C=C(c3cnn(C)c3C)C(C(F)F)=CC21. The first kappa shape index (κ1) is 17.3. The van der Waals surface area contributed by atoms with Gasteiger partial charge in [-0.1, -0.05) is 25.5 Å². The number of aryl methyl sites for hydroxylation is 1. The van der Waals surface area contributed by atoms with E-state index in [-0.39, 0.29) is 11.6 Å². The molecule has 3 unspecified atom stereocenters. The van der Waals surface area contributed by atoms with Crippen LogP contribution in [0.25, 0.3) is 5.57 Å². The molecule has 0 saturated carbocycles. The van der Waals surface area contributed by atoms with Gasteiger partial charge in [0, 0.05) is 36.0 Å². The summed E-state index contributed by atoms with van der Waals surface area (Å²) in [5.74, 6) is 0.321. The van der Waals surface area contributed by atoms with Crippen LogP contribution >= 0.6 is 0 Å². The minimum absolute atomic E-state index is 0.108. The molecule has 1 fully saturated rings. The Labute approximate surface area is 143 Å². The van der Waals surface area contributed by atoms with Crippen LogP contribution in [-0.2, 0) is 7.05 Å². The lowest BCUT2D eigenvalue weighted by atomic mass is 9.84. The fraction of sp³-hybridized carbons (Fsp3) is 0.632. The highest BCUT2D eigenvalue weighted by molar-refractivity contribution is 5.82. The van der Waals surface area contributed by atoms with Crippen LogP contribution in [-0.4, -0.2) is 39.7 Å². The fourth-order valence-corrected chi connectivity index (χ4v) is 4.15. The largest absolute Gasteiger partial charge is 0.294 e. The molecule has 3 rings (SSSR count). The molecule has 5 heteroatoms. The first-order valence-electron chi connectivity index (χ1n) is 8.90. The van der Waals surface area contributed by atoms with Crippen molar-refractivity contribution in [2.45, 2.75) is 58.5 Å². The monoisotopic (exact) mass is 335 g/mol. The highest BCUT2D eigenvalue weighted by Gasteiger charge is 2.38. The summed E-state index contributed by atoms with van der Waals surface area (Å²) in [4.78, 5) is 2.40. The van der Waals surface area contributed by atoms with Gasteiger partial charge in [0.2, 0.25) is 0 Å². The molecule has 132 valence electrons. The zero-order chi connectivity index (χ0) is 17.4. The highest BCUT2D eigenvalue weighted by Crippen LogP contribution is 2.41. The number of hydrogen-bond acceptors (Lipinski definition) is 2. The molecule has 0 amide bonds. The molecule has 0 aromatic carbocycles. The van der Waals surface area contributed by atoms with Gasteiger partial charge in [0.05, 0.1) is 6.20 Å². The quantitative estimate of drug-likeness (QED) is 0.804. The second-order valence-corrected chi connectivity index (χ2v) is 7.09. The lowest BCUT2D eigenvalue weighted by molar-refractivity contribution is 0.180. The Kier molecular flexibility index (Phi) is 4.90. The lowest BCUT2D eigenvalue weighted by Gasteiger charge is -2.33. The average Bonchev–Trinajstić information content (AvgIpc) is 3.10. The maximum Gasteiger partial charge on any atom is 0.264 e. The third-order valence-corrected chi connectivity index (χ3v) is 5.62. The Morgan fingerprint density at radius 3 is 2.67 bits per heavy atom. The van der Waals surface area contributed by atoms with Gasteiger partial charge < -0.3 is 0 Å². The van der Waals surface area contributed by atoms with Crippen molar-refractivity contribution in [3.8, 4) is 0 Å². The first-order chi connectivity index (χ1) is 11.4. The fourth-order valence-electron chi connectivity index (χ4n) is 4.15. The van der Waals surface area contributed by atoms with Crippen molar-refractivity contribution in [1.29, 1.82) is 0 Å². The Morgan fingerprint density at radius 1 is 1.33 bits per heavy atom. The van der Waals surface area contributed by atoms with E-state index < -0.39 is 6.43 Å². The summed E-state index contributed by atoms with van der Waals surface area (Å²) in [7, 11) is 1.85. The van der Waals surface area contributed by atoms with E-state index in [1.807, 2.05) is 20.0 Å². The third kappa shape index (κ3) is 2.94. The maximum atomic E-state index is 13.8. The van der Waals surface area contributed by atoms with Gasteiger partial charge in [-0.3, -0.25) is 9.58 Å². The molecule has 2 aliphatic rings. The van der Waals surface area contributed by atoms with Gasteiger partial charge in [0.15, 0.2) is 0 Å². The van der Waals surface area contributed by atoms with Crippen LogP contribution in [0.5, 0.6) is 0 Å². The Hall–Kier alpha value is -1.49. The number of fused-ring (bicyclic) bond motifs is 1. The van der Waals surface area contributed by atoms with Crippen LogP contribution in [0, 0.1) is 12.8 Å². The van der Waals surface area contributed by atoms with Crippen LogP contribution in [0.1, 0.15) is 44.4 Å². The van der Waals surface area contributed by atoms with E-state index >= 15 is 0 Å². The van der Waals surface area contributed by atoms with Crippen LogP contribution in [0.2, 0.25) is 0 Å². The molecule has 2 heterocycles. The molecule has 0 bridgehead atoms. The van der Waals surface area contributed by atoms with E-state index in [1.165, 1.54) is 0 Å². The van der Waals surface area contributed by atoms with Crippen molar-refractivity contribution < 1.29 is 8.78 Å². The summed E-state index contributed by atoms with van der Waals surface area (Å²) in [6.07, 6.45) is 6.43. The van der Waals surface area contributed by atoms with Crippen molar-refractivity contribution in [2.24, 2.45) is 13.0 Å². The van der Waals surface area contributed by atoms with E-state index in [9.17, 15) is 8.78 Å². The Morgan fingerprint density at radius 2 is 2.08 bits per heavy atom. The number of halogens is 2. The van der Waals surface area contributed by atoms with E-state index in [4.69, 9.17) is 0 Å². The normalized spacial score (nSPS) is 25.6. The van der Waals surface area contributed by atoms with Gasteiger partial charge in [0.1, 0.15) is 0 Å². The zero-order valence-corrected chi connectivity index (χ0v) is 15.0. The molecule has 1 aliphatic carbocycles. The topological polar surface area (TPSA) is 21.1 Å². The first-order valence-corrected chi connectivity index (χ1v) is 8.90. The summed E-state index contributed by atoms with van der Waals surface area (Å²) >= 11 is 0. The Bertz CT molecular complexity index is 660. The van der Waals surface area contributed by atoms with Gasteiger partial charge in [-0.25, -0.2) is 8.78 Å². The minimum atomic E-state index is -2.46. The summed E-state index contributed by atoms with van der Waals surface area (Å²) < 4.78 is 29.3. The van der Waals surface area contributed by atoms with Crippen LogP contribution in [0.3, 0.4) is 0 Å². The minimum Gasteiger partial charge on any atom is -0.294 e. The van der Waals surface area contributed by atoms with Crippen LogP contribution < -0.4 is 0 Å². The molecule has 3 nitrogen and oxygen atoms in total. The highest BCUT2D eigenvalue weighted by atomic mass is 19.3. The third-order valence-electron chi connectivity index (χ3n) is 5.62. The van der Waals surface area contributed by atoms with Gasteiger partial charge in [-0.05, 0) is 44.7 Å². The molecule has 1 saturated heterocycles. The number of rotatable bonds is 5. The summed E-state index contributed by atoms with van der Waals surface area (Å²) in [5, 5.41) is 4.23. The predicted molar refractivity (Wildman–Crippen MR) is 93.0 cm³/mol. The second-order valence-electron chi connectivity index (χ2n) is 7.09. The molecular formula is C19H27F2N3. The smallest absolute Gasteiger partial charge is 0.264 e. The predicted octanol–water partition coefficient (Wildman–Crippen LogP) is 4.20. The molecular weight excluding hydrogens is 308 g/mol. The number of allylic oxidation sites excluding steroid dienone is 2. The molecule has 0 spiro atoms. The van der Waals surface area contributed by atoms with Crippen molar-refractivity contribution >= 4 is 5.57 Å². The molecule has 0 N–H and O–H groups in total. The lowest BCUT2D eigenvalue weighted by Crippen LogP contribution is -2.39. The number of alkyl halides is 2. The number of nitrogens with zero attached hydrogens (tertiary/aromatic N) is 3. The van der Waals surface area contributed by atoms with Gasteiger partial charge >= 0.3 is 0 Å². The number of hydrogen-bond donors (Lipinski definition) is 0. The summed E-state index contributed by atoms with van der Waals surface area (Å²) in [6.45, 7) is 7.31. The standard InChI is InChI=1S/C19H27F2N3/c1-5-6-12(2)24-8-7-14-9-15(16(19(20)21)10-18(14)24)17-11-22-23(4)13(17)3/h9-12,14,18-19H,5-8H2,1-4H3. The van der Waals surface area contributed by atoms with Crippen molar-refractivity contribution in [3.63, 3.8) is 0 Å². The molecule has 1 aliphatic heterocycles. The summed E-state index contributed by atoms with van der Waals surface area (Å²) in [6, 6.07) is 0.548. The molecule has 3 atom stereocenters. The molecule has 1 aromatic heterocycles. The van der Waals surface area contributed by atoms with Gasteiger partial charge in [0.25, 0.3) is 6.43 Å². The number of aromatic nitrogens is 2.